The van der Waals surface area contributed by atoms with Crippen LogP contribution in [-0.2, 0) is 19.6 Å². The summed E-state index contributed by atoms with van der Waals surface area (Å²) in [5, 5.41) is 0. The lowest BCUT2D eigenvalue weighted by Gasteiger charge is -2.18. The van der Waals surface area contributed by atoms with Crippen molar-refractivity contribution in [1.29, 1.82) is 0 Å². The highest BCUT2D eigenvalue weighted by Gasteiger charge is 2.29. The molecule has 7 heteroatoms. The maximum atomic E-state index is 12.6. The lowest BCUT2D eigenvalue weighted by atomic mass is 10.1. The van der Waals surface area contributed by atoms with Crippen molar-refractivity contribution in [2.75, 3.05) is 7.11 Å². The second kappa shape index (κ2) is 7.02. The molecule has 6 nitrogen and oxygen atoms in total. The molecule has 0 saturated heterocycles. The molecule has 0 radical (unpaired) electrons. The van der Waals surface area contributed by atoms with Crippen LogP contribution >= 0.6 is 0 Å². The van der Waals surface area contributed by atoms with E-state index in [1.807, 2.05) is 6.92 Å². The van der Waals surface area contributed by atoms with Gasteiger partial charge in [0.1, 0.15) is 17.6 Å². The lowest BCUT2D eigenvalue weighted by molar-refractivity contribution is -0.136. The summed E-state index contributed by atoms with van der Waals surface area (Å²) in [7, 11) is -2.68. The molecular formula is C17H19NO5S. The average Bonchev–Trinajstić information content (AvgIpc) is 2.98. The van der Waals surface area contributed by atoms with Crippen molar-refractivity contribution in [3.05, 3.63) is 65.6 Å². The third-order valence-electron chi connectivity index (χ3n) is 3.45. The number of aryl methyl sites for hydroxylation is 2. The van der Waals surface area contributed by atoms with Crippen molar-refractivity contribution >= 4 is 16.0 Å². The van der Waals surface area contributed by atoms with Crippen molar-refractivity contribution in [3.63, 3.8) is 0 Å². The van der Waals surface area contributed by atoms with E-state index in [1.54, 1.807) is 31.2 Å². The molecule has 0 aliphatic carbocycles. The highest BCUT2D eigenvalue weighted by molar-refractivity contribution is 7.89. The van der Waals surface area contributed by atoms with Gasteiger partial charge in [-0.25, -0.2) is 13.2 Å². The molecule has 0 amide bonds. The van der Waals surface area contributed by atoms with E-state index in [0.29, 0.717) is 5.76 Å². The molecule has 128 valence electrons. The van der Waals surface area contributed by atoms with Crippen LogP contribution in [0.4, 0.5) is 0 Å². The predicted molar refractivity (Wildman–Crippen MR) is 88.8 cm³/mol. The predicted octanol–water partition coefficient (Wildman–Crippen LogP) is 2.65. The normalized spacial score (nSPS) is 12.6. The number of hydrogen-bond donors (Lipinski definition) is 1. The van der Waals surface area contributed by atoms with E-state index >= 15 is 0 Å². The van der Waals surface area contributed by atoms with E-state index in [9.17, 15) is 13.2 Å². The number of carbonyl (C=O) groups excluding carboxylic acids is 1. The Kier molecular flexibility index (Phi) is 5.26. The Morgan fingerprint density at radius 3 is 2.29 bits per heavy atom. The molecule has 1 atom stereocenters. The number of esters is 1. The summed E-state index contributed by atoms with van der Waals surface area (Å²) >= 11 is 0. The fourth-order valence-electron chi connectivity index (χ4n) is 2.10. The first-order chi connectivity index (χ1) is 11.2. The maximum Gasteiger partial charge on any atom is 0.335 e. The molecule has 0 spiro atoms. The minimum absolute atomic E-state index is 0.0671. The highest BCUT2D eigenvalue weighted by atomic mass is 32.2. The molecule has 0 bridgehead atoms. The number of furan rings is 1. The number of sulfonamides is 1. The fraction of sp³-hybridized carbons (Fsp3) is 0.235. The lowest BCUT2D eigenvalue weighted by Crippen LogP contribution is -2.31. The van der Waals surface area contributed by atoms with Crippen LogP contribution < -0.4 is 4.72 Å². The number of hydrogen-bond acceptors (Lipinski definition) is 5. The Hall–Kier alpha value is -2.38. The van der Waals surface area contributed by atoms with E-state index < -0.39 is 22.0 Å². The van der Waals surface area contributed by atoms with Crippen molar-refractivity contribution in [1.82, 2.24) is 4.72 Å². The summed E-state index contributed by atoms with van der Waals surface area (Å²) in [5.41, 5.74) is 0.869. The monoisotopic (exact) mass is 349 g/mol. The van der Waals surface area contributed by atoms with Crippen LogP contribution in [0.2, 0.25) is 0 Å². The third kappa shape index (κ3) is 3.93. The summed E-state index contributed by atoms with van der Waals surface area (Å²) in [5.74, 6) is 0.126. The largest absolute Gasteiger partial charge is 0.466 e. The first-order valence-corrected chi connectivity index (χ1v) is 8.65. The average molecular weight is 349 g/mol. The van der Waals surface area contributed by atoms with Crippen molar-refractivity contribution in [2.24, 2.45) is 0 Å². The molecule has 2 aromatic rings. The molecule has 0 aliphatic rings. The van der Waals surface area contributed by atoms with Crippen LogP contribution in [0, 0.1) is 13.8 Å². The standard InChI is InChI=1S/C17H19NO5S/c1-11-5-8-14(9-6-11)24(20,21)18-16(13(3)17(19)22-4)15-10-7-12(2)23-15/h5-10,16,18H,3H2,1-2,4H3. The van der Waals surface area contributed by atoms with Crippen molar-refractivity contribution in [2.45, 2.75) is 24.8 Å². The Labute approximate surface area is 141 Å². The van der Waals surface area contributed by atoms with Gasteiger partial charge in [0.05, 0.1) is 17.6 Å². The van der Waals surface area contributed by atoms with Gasteiger partial charge in [-0.05, 0) is 38.1 Å². The van der Waals surface area contributed by atoms with Gasteiger partial charge in [-0.1, -0.05) is 24.3 Å². The number of methoxy groups -OCH3 is 1. The van der Waals surface area contributed by atoms with Gasteiger partial charge in [-0.3, -0.25) is 0 Å². The topological polar surface area (TPSA) is 85.6 Å². The van der Waals surface area contributed by atoms with Crippen molar-refractivity contribution in [3.8, 4) is 0 Å². The van der Waals surface area contributed by atoms with Gasteiger partial charge >= 0.3 is 5.97 Å². The Balaban J connectivity index is 2.39. The molecule has 24 heavy (non-hydrogen) atoms. The quantitative estimate of drug-likeness (QED) is 0.640. The minimum Gasteiger partial charge on any atom is -0.466 e. The van der Waals surface area contributed by atoms with Crippen LogP contribution in [0.1, 0.15) is 23.1 Å². The molecule has 2 rings (SSSR count). The van der Waals surface area contributed by atoms with Crippen LogP contribution in [0.3, 0.4) is 0 Å². The van der Waals surface area contributed by atoms with Gasteiger partial charge in [0, 0.05) is 0 Å². The van der Waals surface area contributed by atoms with Gasteiger partial charge in [-0.15, -0.1) is 0 Å². The van der Waals surface area contributed by atoms with E-state index in [0.717, 1.165) is 5.56 Å². The Bertz CT molecular complexity index is 849. The summed E-state index contributed by atoms with van der Waals surface area (Å²) in [6.45, 7) is 7.22. The number of benzene rings is 1. The smallest absolute Gasteiger partial charge is 0.335 e. The molecule has 0 fully saturated rings. The number of rotatable bonds is 6. The molecule has 0 saturated carbocycles. The molecule has 1 aromatic carbocycles. The molecule has 1 unspecified atom stereocenters. The second-order valence-corrected chi connectivity index (χ2v) is 7.05. The van der Waals surface area contributed by atoms with E-state index in [-0.39, 0.29) is 16.2 Å². The summed E-state index contributed by atoms with van der Waals surface area (Å²) in [6, 6.07) is 8.56. The minimum atomic E-state index is -3.88. The first-order valence-electron chi connectivity index (χ1n) is 7.17. The van der Waals surface area contributed by atoms with Crippen LogP contribution in [-0.4, -0.2) is 21.5 Å². The Morgan fingerprint density at radius 1 is 1.17 bits per heavy atom. The highest BCUT2D eigenvalue weighted by Crippen LogP contribution is 2.26. The van der Waals surface area contributed by atoms with Gasteiger partial charge in [0.25, 0.3) is 0 Å². The molecular weight excluding hydrogens is 330 g/mol. The summed E-state index contributed by atoms with van der Waals surface area (Å²) < 4.78 is 37.8. The van der Waals surface area contributed by atoms with Gasteiger partial charge in [0.2, 0.25) is 10.0 Å². The van der Waals surface area contributed by atoms with Crippen LogP contribution in [0.15, 0.2) is 57.9 Å². The molecule has 1 N–H and O–H groups in total. The van der Waals surface area contributed by atoms with Gasteiger partial charge < -0.3 is 9.15 Å². The zero-order valence-corrected chi connectivity index (χ0v) is 14.5. The van der Waals surface area contributed by atoms with Gasteiger partial charge in [0.15, 0.2) is 0 Å². The van der Waals surface area contributed by atoms with Crippen LogP contribution in [0.25, 0.3) is 0 Å². The molecule has 1 aromatic heterocycles. The SMILES string of the molecule is C=C(C(=O)OC)C(NS(=O)(=O)c1ccc(C)cc1)c1ccc(C)o1. The number of ether oxygens (including phenoxy) is 1. The van der Waals surface area contributed by atoms with E-state index in [1.165, 1.54) is 19.2 Å². The first kappa shape index (κ1) is 18.0. The van der Waals surface area contributed by atoms with Crippen LogP contribution in [0.5, 0.6) is 0 Å². The number of nitrogens with one attached hydrogen (secondary N) is 1. The Morgan fingerprint density at radius 2 is 1.79 bits per heavy atom. The number of carbonyl (C=O) groups is 1. The van der Waals surface area contributed by atoms with Gasteiger partial charge in [-0.2, -0.15) is 4.72 Å². The zero-order valence-electron chi connectivity index (χ0n) is 13.7. The zero-order chi connectivity index (χ0) is 17.9. The second-order valence-electron chi connectivity index (χ2n) is 5.33. The maximum absolute atomic E-state index is 12.6. The van der Waals surface area contributed by atoms with E-state index in [4.69, 9.17) is 4.42 Å². The fourth-order valence-corrected chi connectivity index (χ4v) is 3.30. The summed E-state index contributed by atoms with van der Waals surface area (Å²) in [6.07, 6.45) is 0. The molecule has 0 aliphatic heterocycles. The molecule has 1 heterocycles. The van der Waals surface area contributed by atoms with E-state index in [2.05, 4.69) is 16.0 Å². The summed E-state index contributed by atoms with van der Waals surface area (Å²) in [4.78, 5) is 11.9. The third-order valence-corrected chi connectivity index (χ3v) is 4.88. The van der Waals surface area contributed by atoms with Crippen molar-refractivity contribution < 1.29 is 22.4 Å².